The molecule has 1 aromatic heterocycles. The van der Waals surface area contributed by atoms with E-state index in [1.54, 1.807) is 18.3 Å². The lowest BCUT2D eigenvalue weighted by Crippen LogP contribution is -2.44. The Labute approximate surface area is 124 Å². The minimum absolute atomic E-state index is 0.0711. The third kappa shape index (κ3) is 4.74. The monoisotopic (exact) mass is 296 g/mol. The van der Waals surface area contributed by atoms with Crippen LogP contribution in [0, 0.1) is 0 Å². The van der Waals surface area contributed by atoms with Crippen molar-refractivity contribution in [2.75, 3.05) is 32.0 Å². The number of carbonyl (C=O) groups is 1. The molecule has 1 aliphatic heterocycles. The smallest absolute Gasteiger partial charge is 0.238 e. The number of piperidine rings is 1. The van der Waals surface area contributed by atoms with Crippen molar-refractivity contribution in [1.82, 2.24) is 15.2 Å². The summed E-state index contributed by atoms with van der Waals surface area (Å²) in [4.78, 5) is 17.9. The zero-order chi connectivity index (χ0) is 14.4. The predicted molar refractivity (Wildman–Crippen MR) is 81.0 cm³/mol. The van der Waals surface area contributed by atoms with E-state index in [1.807, 2.05) is 11.9 Å². The third-order valence-electron chi connectivity index (χ3n) is 3.39. The Hall–Kier alpha value is -1.17. The Morgan fingerprint density at radius 3 is 3.15 bits per heavy atom. The molecule has 1 aromatic rings. The minimum atomic E-state index is -0.0711. The number of hydrogen-bond donors (Lipinski definition) is 2. The van der Waals surface area contributed by atoms with Gasteiger partial charge in [0.1, 0.15) is 0 Å². The molecular weight excluding hydrogens is 276 g/mol. The molecule has 0 aromatic carbocycles. The van der Waals surface area contributed by atoms with Crippen LogP contribution in [0.25, 0.3) is 0 Å². The first-order valence-corrected chi connectivity index (χ1v) is 7.35. The predicted octanol–water partition coefficient (Wildman–Crippen LogP) is 1.75. The van der Waals surface area contributed by atoms with Gasteiger partial charge in [-0.25, -0.2) is 4.98 Å². The summed E-state index contributed by atoms with van der Waals surface area (Å²) in [6.45, 7) is 2.31. The van der Waals surface area contributed by atoms with Gasteiger partial charge >= 0.3 is 0 Å². The molecule has 2 heterocycles. The number of halogens is 1. The summed E-state index contributed by atoms with van der Waals surface area (Å²) < 4.78 is 0. The van der Waals surface area contributed by atoms with E-state index in [-0.39, 0.29) is 5.91 Å². The molecule has 2 rings (SSSR count). The van der Waals surface area contributed by atoms with Gasteiger partial charge in [0.05, 0.1) is 12.2 Å². The SMILES string of the molecule is CN(CC(=O)Nc1cccnc1Cl)CC1CCCCN1. The maximum absolute atomic E-state index is 12.0. The van der Waals surface area contributed by atoms with Gasteiger partial charge in [0.15, 0.2) is 5.15 Å². The fraction of sp³-hybridized carbons (Fsp3) is 0.571. The van der Waals surface area contributed by atoms with Crippen LogP contribution in [0.2, 0.25) is 5.15 Å². The van der Waals surface area contributed by atoms with E-state index < -0.39 is 0 Å². The zero-order valence-corrected chi connectivity index (χ0v) is 12.5. The average Bonchev–Trinajstić information content (AvgIpc) is 2.42. The fourth-order valence-corrected chi connectivity index (χ4v) is 2.60. The standard InChI is InChI=1S/C14H21ClN4O/c1-19(9-11-5-2-3-7-16-11)10-13(20)18-12-6-4-8-17-14(12)15/h4,6,8,11,16H,2-3,5,7,9-10H2,1H3,(H,18,20). The quantitative estimate of drug-likeness (QED) is 0.813. The number of carbonyl (C=O) groups excluding carboxylic acids is 1. The summed E-state index contributed by atoms with van der Waals surface area (Å²) in [6, 6.07) is 3.98. The summed E-state index contributed by atoms with van der Waals surface area (Å²) in [5.41, 5.74) is 0.559. The Morgan fingerprint density at radius 2 is 2.45 bits per heavy atom. The van der Waals surface area contributed by atoms with Crippen molar-refractivity contribution in [3.63, 3.8) is 0 Å². The van der Waals surface area contributed by atoms with Crippen molar-refractivity contribution in [3.8, 4) is 0 Å². The first-order valence-electron chi connectivity index (χ1n) is 6.97. The van der Waals surface area contributed by atoms with Crippen LogP contribution < -0.4 is 10.6 Å². The van der Waals surface area contributed by atoms with Gasteiger partial charge in [-0.3, -0.25) is 9.69 Å². The summed E-state index contributed by atoms with van der Waals surface area (Å²) in [5.74, 6) is -0.0711. The van der Waals surface area contributed by atoms with Crippen molar-refractivity contribution in [2.45, 2.75) is 25.3 Å². The van der Waals surface area contributed by atoms with E-state index in [1.165, 1.54) is 19.3 Å². The van der Waals surface area contributed by atoms with E-state index in [0.717, 1.165) is 13.1 Å². The van der Waals surface area contributed by atoms with Crippen LogP contribution >= 0.6 is 11.6 Å². The first-order chi connectivity index (χ1) is 9.65. The van der Waals surface area contributed by atoms with Crippen molar-refractivity contribution in [3.05, 3.63) is 23.5 Å². The number of hydrogen-bond acceptors (Lipinski definition) is 4. The van der Waals surface area contributed by atoms with Crippen LogP contribution in [0.3, 0.4) is 0 Å². The molecule has 5 nitrogen and oxygen atoms in total. The molecule has 1 atom stereocenters. The van der Waals surface area contributed by atoms with Crippen LogP contribution in [-0.2, 0) is 4.79 Å². The van der Waals surface area contributed by atoms with Gasteiger partial charge in [0.25, 0.3) is 0 Å². The number of anilines is 1. The van der Waals surface area contributed by atoms with Crippen molar-refractivity contribution in [2.24, 2.45) is 0 Å². The lowest BCUT2D eigenvalue weighted by Gasteiger charge is -2.27. The number of likely N-dealkylation sites (N-methyl/N-ethyl adjacent to an activating group) is 1. The molecule has 1 fully saturated rings. The molecule has 1 saturated heterocycles. The third-order valence-corrected chi connectivity index (χ3v) is 3.69. The second kappa shape index (κ2) is 7.57. The van der Waals surface area contributed by atoms with Gasteiger partial charge in [0.2, 0.25) is 5.91 Å². The van der Waals surface area contributed by atoms with Crippen LogP contribution in [0.1, 0.15) is 19.3 Å². The molecular formula is C14H21ClN4O. The summed E-state index contributed by atoms with van der Waals surface area (Å²) >= 11 is 5.91. The highest BCUT2D eigenvalue weighted by Gasteiger charge is 2.16. The molecule has 20 heavy (non-hydrogen) atoms. The molecule has 0 radical (unpaired) electrons. The molecule has 1 amide bonds. The second-order valence-corrected chi connectivity index (χ2v) is 5.59. The van der Waals surface area contributed by atoms with Crippen LogP contribution in [0.5, 0.6) is 0 Å². The van der Waals surface area contributed by atoms with Crippen LogP contribution in [0.4, 0.5) is 5.69 Å². The van der Waals surface area contributed by atoms with Gasteiger partial charge in [-0.1, -0.05) is 18.0 Å². The minimum Gasteiger partial charge on any atom is -0.322 e. The van der Waals surface area contributed by atoms with E-state index >= 15 is 0 Å². The zero-order valence-electron chi connectivity index (χ0n) is 11.7. The Morgan fingerprint density at radius 1 is 1.60 bits per heavy atom. The molecule has 1 unspecified atom stereocenters. The van der Waals surface area contributed by atoms with Gasteiger partial charge < -0.3 is 10.6 Å². The van der Waals surface area contributed by atoms with Crippen LogP contribution in [-0.4, -0.2) is 48.5 Å². The molecule has 0 aliphatic carbocycles. The van der Waals surface area contributed by atoms with Gasteiger partial charge in [-0.05, 0) is 38.6 Å². The summed E-state index contributed by atoms with van der Waals surface area (Å²) in [6.07, 6.45) is 5.29. The number of rotatable bonds is 5. The van der Waals surface area contributed by atoms with Crippen LogP contribution in [0.15, 0.2) is 18.3 Å². The second-order valence-electron chi connectivity index (χ2n) is 5.23. The number of aromatic nitrogens is 1. The lowest BCUT2D eigenvalue weighted by atomic mass is 10.0. The largest absolute Gasteiger partial charge is 0.322 e. The van der Waals surface area contributed by atoms with E-state index in [4.69, 9.17) is 11.6 Å². The van der Waals surface area contributed by atoms with Crippen molar-refractivity contribution < 1.29 is 4.79 Å². The number of nitrogens with zero attached hydrogens (tertiary/aromatic N) is 2. The molecule has 2 N–H and O–H groups in total. The van der Waals surface area contributed by atoms with Gasteiger partial charge in [-0.15, -0.1) is 0 Å². The highest BCUT2D eigenvalue weighted by atomic mass is 35.5. The number of amides is 1. The molecule has 110 valence electrons. The molecule has 0 bridgehead atoms. The van der Waals surface area contributed by atoms with Crippen molar-refractivity contribution >= 4 is 23.2 Å². The summed E-state index contributed by atoms with van der Waals surface area (Å²) in [5, 5.41) is 6.58. The Kier molecular flexibility index (Phi) is 5.76. The highest BCUT2D eigenvalue weighted by Crippen LogP contribution is 2.17. The van der Waals surface area contributed by atoms with E-state index in [9.17, 15) is 4.79 Å². The normalized spacial score (nSPS) is 19.1. The maximum atomic E-state index is 12.0. The molecule has 6 heteroatoms. The average molecular weight is 297 g/mol. The molecule has 0 saturated carbocycles. The molecule has 0 spiro atoms. The molecule has 1 aliphatic rings. The Balaban J connectivity index is 1.77. The highest BCUT2D eigenvalue weighted by molar-refractivity contribution is 6.32. The maximum Gasteiger partial charge on any atom is 0.238 e. The van der Waals surface area contributed by atoms with Gasteiger partial charge in [0, 0.05) is 18.8 Å². The Bertz CT molecular complexity index is 449. The summed E-state index contributed by atoms with van der Waals surface area (Å²) in [7, 11) is 1.96. The lowest BCUT2D eigenvalue weighted by molar-refractivity contribution is -0.117. The fourth-order valence-electron chi connectivity index (χ4n) is 2.43. The topological polar surface area (TPSA) is 57.3 Å². The van der Waals surface area contributed by atoms with E-state index in [2.05, 4.69) is 15.6 Å². The first kappa shape index (κ1) is 15.2. The van der Waals surface area contributed by atoms with Crippen molar-refractivity contribution in [1.29, 1.82) is 0 Å². The number of nitrogens with one attached hydrogen (secondary N) is 2. The van der Waals surface area contributed by atoms with E-state index in [0.29, 0.717) is 23.4 Å². The number of pyridine rings is 1. The van der Waals surface area contributed by atoms with Gasteiger partial charge in [-0.2, -0.15) is 0 Å².